The number of carbonyl (C=O) groups is 1. The van der Waals surface area contributed by atoms with E-state index in [2.05, 4.69) is 10.3 Å². The van der Waals surface area contributed by atoms with Gasteiger partial charge in [0.1, 0.15) is 11.4 Å². The number of benzene rings is 1. The number of aromatic amines is 2. The first-order valence-electron chi connectivity index (χ1n) is 5.58. The van der Waals surface area contributed by atoms with E-state index in [4.69, 9.17) is 27.9 Å². The van der Waals surface area contributed by atoms with E-state index in [9.17, 15) is 14.4 Å². The van der Waals surface area contributed by atoms with Crippen molar-refractivity contribution in [1.82, 2.24) is 9.97 Å². The molecule has 0 atom stereocenters. The number of halogens is 2. The van der Waals surface area contributed by atoms with Crippen LogP contribution in [0.25, 0.3) is 0 Å². The minimum atomic E-state index is -0.737. The highest BCUT2D eigenvalue weighted by molar-refractivity contribution is 6.36. The van der Waals surface area contributed by atoms with Crippen LogP contribution in [0.15, 0.2) is 27.9 Å². The Morgan fingerprint density at radius 3 is 2.62 bits per heavy atom. The van der Waals surface area contributed by atoms with Gasteiger partial charge in [-0.1, -0.05) is 23.2 Å². The first-order chi connectivity index (χ1) is 9.92. The number of nitrogens with one attached hydrogen (secondary N) is 3. The van der Waals surface area contributed by atoms with Crippen molar-refractivity contribution in [3.05, 3.63) is 54.8 Å². The molecule has 110 valence electrons. The summed E-state index contributed by atoms with van der Waals surface area (Å²) in [5, 5.41) is 2.73. The van der Waals surface area contributed by atoms with E-state index >= 15 is 0 Å². The molecule has 2 rings (SSSR count). The van der Waals surface area contributed by atoms with Gasteiger partial charge in [0.2, 0.25) is 0 Å². The highest BCUT2D eigenvalue weighted by atomic mass is 35.5. The van der Waals surface area contributed by atoms with Gasteiger partial charge in [0, 0.05) is 11.2 Å². The van der Waals surface area contributed by atoms with Crippen LogP contribution < -0.4 is 21.3 Å². The molecule has 0 aliphatic heterocycles. The topological polar surface area (TPSA) is 104 Å². The summed E-state index contributed by atoms with van der Waals surface area (Å²) < 4.78 is 5.04. The van der Waals surface area contributed by atoms with Crippen LogP contribution in [0.3, 0.4) is 0 Å². The quantitative estimate of drug-likeness (QED) is 0.795. The third-order valence-electron chi connectivity index (χ3n) is 2.52. The number of ether oxygens (including phenoxy) is 1. The molecule has 9 heteroatoms. The molecular formula is C12H9Cl2N3O4. The number of anilines is 1. The van der Waals surface area contributed by atoms with Gasteiger partial charge in [-0.3, -0.25) is 14.6 Å². The zero-order valence-corrected chi connectivity index (χ0v) is 12.1. The summed E-state index contributed by atoms with van der Waals surface area (Å²) >= 11 is 11.8. The van der Waals surface area contributed by atoms with Crippen LogP contribution in [0.1, 0.15) is 10.4 Å². The zero-order chi connectivity index (χ0) is 15.6. The summed E-state index contributed by atoms with van der Waals surface area (Å²) in [7, 11) is 1.35. The number of hydrogen-bond donors (Lipinski definition) is 3. The fourth-order valence-electron chi connectivity index (χ4n) is 1.63. The Labute approximate surface area is 127 Å². The monoisotopic (exact) mass is 329 g/mol. The van der Waals surface area contributed by atoms with Gasteiger partial charge in [-0.2, -0.15) is 0 Å². The van der Waals surface area contributed by atoms with Crippen molar-refractivity contribution in [2.24, 2.45) is 0 Å². The number of carbonyl (C=O) groups excluding carboxylic acids is 1. The first kappa shape index (κ1) is 15.1. The lowest BCUT2D eigenvalue weighted by Crippen LogP contribution is -2.26. The SMILES string of the molecule is COc1c(Cl)cc(Cl)cc1C(=O)Nc1c[nH]c(=O)[nH]c1=O. The predicted molar refractivity (Wildman–Crippen MR) is 78.7 cm³/mol. The molecule has 0 bridgehead atoms. The fourth-order valence-corrected chi connectivity index (χ4v) is 2.20. The molecule has 0 spiro atoms. The second-order valence-electron chi connectivity index (χ2n) is 3.91. The molecule has 0 radical (unpaired) electrons. The number of hydrogen-bond acceptors (Lipinski definition) is 4. The largest absolute Gasteiger partial charge is 0.494 e. The Morgan fingerprint density at radius 1 is 1.29 bits per heavy atom. The molecule has 1 aromatic heterocycles. The number of aromatic nitrogens is 2. The molecule has 1 amide bonds. The van der Waals surface area contributed by atoms with Gasteiger partial charge < -0.3 is 15.0 Å². The molecule has 7 nitrogen and oxygen atoms in total. The van der Waals surface area contributed by atoms with Crippen LogP contribution in [-0.4, -0.2) is 23.0 Å². The van der Waals surface area contributed by atoms with Crippen LogP contribution >= 0.6 is 23.2 Å². The third kappa shape index (κ3) is 3.26. The van der Waals surface area contributed by atoms with Crippen molar-refractivity contribution in [2.75, 3.05) is 12.4 Å². The van der Waals surface area contributed by atoms with E-state index in [1.807, 2.05) is 4.98 Å². The summed E-state index contributed by atoms with van der Waals surface area (Å²) in [6, 6.07) is 2.77. The van der Waals surface area contributed by atoms with Crippen molar-refractivity contribution in [3.63, 3.8) is 0 Å². The van der Waals surface area contributed by atoms with Gasteiger partial charge in [-0.25, -0.2) is 4.79 Å². The van der Waals surface area contributed by atoms with E-state index in [-0.39, 0.29) is 27.0 Å². The van der Waals surface area contributed by atoms with Gasteiger partial charge in [0.05, 0.1) is 17.7 Å². The molecule has 21 heavy (non-hydrogen) atoms. The van der Waals surface area contributed by atoms with Crippen molar-refractivity contribution >= 4 is 34.8 Å². The minimum Gasteiger partial charge on any atom is -0.494 e. The molecular weight excluding hydrogens is 321 g/mol. The summed E-state index contributed by atoms with van der Waals surface area (Å²) in [4.78, 5) is 38.8. The summed E-state index contributed by atoms with van der Waals surface area (Å²) in [5.74, 6) is -0.534. The second kappa shape index (κ2) is 6.02. The minimum absolute atomic E-state index is 0.0561. The molecule has 3 N–H and O–H groups in total. The Hall–Kier alpha value is -2.25. The lowest BCUT2D eigenvalue weighted by Gasteiger charge is -2.10. The normalized spacial score (nSPS) is 10.2. The predicted octanol–water partition coefficient (Wildman–Crippen LogP) is 1.63. The van der Waals surface area contributed by atoms with Crippen molar-refractivity contribution in [3.8, 4) is 5.75 Å². The lowest BCUT2D eigenvalue weighted by molar-refractivity contribution is 0.102. The van der Waals surface area contributed by atoms with E-state index in [0.717, 1.165) is 6.20 Å². The van der Waals surface area contributed by atoms with E-state index in [1.165, 1.54) is 19.2 Å². The van der Waals surface area contributed by atoms with Crippen molar-refractivity contribution < 1.29 is 9.53 Å². The summed E-state index contributed by atoms with van der Waals surface area (Å²) in [5.41, 5.74) is -1.49. The van der Waals surface area contributed by atoms with E-state index in [1.54, 1.807) is 0 Å². The van der Waals surface area contributed by atoms with Crippen LogP contribution in [0, 0.1) is 0 Å². The third-order valence-corrected chi connectivity index (χ3v) is 3.02. The van der Waals surface area contributed by atoms with Gasteiger partial charge in [0.15, 0.2) is 0 Å². The molecule has 0 aliphatic carbocycles. The average Bonchev–Trinajstić information content (AvgIpc) is 2.41. The average molecular weight is 330 g/mol. The van der Waals surface area contributed by atoms with Crippen molar-refractivity contribution in [1.29, 1.82) is 0 Å². The Bertz CT molecular complexity index is 813. The van der Waals surface area contributed by atoms with Gasteiger partial charge in [0.25, 0.3) is 11.5 Å². The maximum Gasteiger partial charge on any atom is 0.325 e. The standard InChI is InChI=1S/C12H9Cl2N3O4/c1-21-9-6(2-5(13)3-7(9)14)10(18)16-8-4-15-12(20)17-11(8)19/h2-4H,1H3,(H,16,18)(H2,15,17,19,20). The number of H-pyrrole nitrogens is 2. The van der Waals surface area contributed by atoms with Crippen LogP contribution in [0.2, 0.25) is 10.0 Å². The van der Waals surface area contributed by atoms with Crippen molar-refractivity contribution in [2.45, 2.75) is 0 Å². The van der Waals surface area contributed by atoms with E-state index in [0.29, 0.717) is 0 Å². The number of methoxy groups -OCH3 is 1. The van der Waals surface area contributed by atoms with Crippen LogP contribution in [-0.2, 0) is 0 Å². The van der Waals surface area contributed by atoms with Crippen LogP contribution in [0.4, 0.5) is 5.69 Å². The fraction of sp³-hybridized carbons (Fsp3) is 0.0833. The maximum absolute atomic E-state index is 12.2. The Kier molecular flexibility index (Phi) is 4.35. The Morgan fingerprint density at radius 2 is 2.00 bits per heavy atom. The first-order valence-corrected chi connectivity index (χ1v) is 6.34. The smallest absolute Gasteiger partial charge is 0.325 e. The highest BCUT2D eigenvalue weighted by Gasteiger charge is 2.18. The molecule has 0 fully saturated rings. The molecule has 1 heterocycles. The van der Waals surface area contributed by atoms with Gasteiger partial charge in [-0.05, 0) is 12.1 Å². The summed E-state index contributed by atoms with van der Waals surface area (Å²) in [6.45, 7) is 0. The summed E-state index contributed by atoms with van der Waals surface area (Å²) in [6.07, 6.45) is 1.08. The van der Waals surface area contributed by atoms with Gasteiger partial charge >= 0.3 is 5.69 Å². The number of rotatable bonds is 3. The molecule has 0 saturated carbocycles. The second-order valence-corrected chi connectivity index (χ2v) is 4.75. The number of amides is 1. The molecule has 2 aromatic rings. The van der Waals surface area contributed by atoms with E-state index < -0.39 is 17.2 Å². The van der Waals surface area contributed by atoms with Crippen LogP contribution in [0.5, 0.6) is 5.75 Å². The molecule has 0 unspecified atom stereocenters. The lowest BCUT2D eigenvalue weighted by atomic mass is 10.2. The molecule has 0 aliphatic rings. The molecule has 1 aromatic carbocycles. The Balaban J connectivity index is 2.41. The van der Waals surface area contributed by atoms with Gasteiger partial charge in [-0.15, -0.1) is 0 Å². The maximum atomic E-state index is 12.2. The highest BCUT2D eigenvalue weighted by Crippen LogP contribution is 2.32. The molecule has 0 saturated heterocycles. The zero-order valence-electron chi connectivity index (χ0n) is 10.6.